The molecule has 0 saturated carbocycles. The maximum atomic E-state index is 12.2. The van der Waals surface area contributed by atoms with Gasteiger partial charge in [0.1, 0.15) is 0 Å². The van der Waals surface area contributed by atoms with Gasteiger partial charge in [0, 0.05) is 5.02 Å². The first-order valence-corrected chi connectivity index (χ1v) is 5.50. The first-order valence-electron chi connectivity index (χ1n) is 5.12. The Kier molecular flexibility index (Phi) is 6.68. The van der Waals surface area contributed by atoms with Gasteiger partial charge >= 0.3 is 24.3 Å². The van der Waals surface area contributed by atoms with Gasteiger partial charge in [0.05, 0.1) is 12.0 Å². The van der Waals surface area contributed by atoms with Crippen LogP contribution in [0.5, 0.6) is 0 Å². The molecule has 1 aromatic rings. The van der Waals surface area contributed by atoms with Crippen LogP contribution in [-0.2, 0) is 22.2 Å². The monoisotopic (exact) mass is 352 g/mol. The maximum absolute atomic E-state index is 12.2. The number of alkyl halides is 6. The van der Waals surface area contributed by atoms with Crippen LogP contribution in [0.2, 0.25) is 5.02 Å². The quantitative estimate of drug-likeness (QED) is 0.797. The van der Waals surface area contributed by atoms with Crippen molar-refractivity contribution in [1.82, 2.24) is 0 Å². The summed E-state index contributed by atoms with van der Waals surface area (Å²) in [6.45, 7) is 0. The molecular formula is C11H7ClF6O4. The molecule has 2 N–H and O–H groups in total. The third-order valence-electron chi connectivity index (χ3n) is 1.96. The predicted molar refractivity (Wildman–Crippen MR) is 61.5 cm³/mol. The summed E-state index contributed by atoms with van der Waals surface area (Å²) in [4.78, 5) is 19.2. The standard InChI is InChI=1S/C9H6ClF3O2.C2HF3O2/c10-7-4-6(9(11,12)13)2-1-5(7)3-8(14)15;3-2(4,5)1(6)7/h1-2,4H,3H2,(H,14,15);(H,6,7). The number of halogens is 7. The molecule has 0 aromatic heterocycles. The Morgan fingerprint density at radius 2 is 1.50 bits per heavy atom. The molecule has 22 heavy (non-hydrogen) atoms. The molecule has 0 saturated heterocycles. The van der Waals surface area contributed by atoms with Gasteiger partial charge in [-0.2, -0.15) is 26.3 Å². The highest BCUT2D eigenvalue weighted by Gasteiger charge is 2.38. The molecule has 0 bridgehead atoms. The molecule has 0 fully saturated rings. The lowest BCUT2D eigenvalue weighted by Crippen LogP contribution is -2.21. The topological polar surface area (TPSA) is 74.6 Å². The van der Waals surface area contributed by atoms with Gasteiger partial charge in [-0.15, -0.1) is 0 Å². The Labute approximate surface area is 123 Å². The average molecular weight is 353 g/mol. The van der Waals surface area contributed by atoms with Gasteiger partial charge in [-0.3, -0.25) is 4.79 Å². The largest absolute Gasteiger partial charge is 0.490 e. The molecule has 11 heteroatoms. The van der Waals surface area contributed by atoms with E-state index in [4.69, 9.17) is 26.6 Å². The number of hydrogen-bond acceptors (Lipinski definition) is 2. The molecule has 0 unspecified atom stereocenters. The second-order valence-electron chi connectivity index (χ2n) is 3.68. The van der Waals surface area contributed by atoms with Crippen LogP contribution in [0.3, 0.4) is 0 Å². The zero-order valence-corrected chi connectivity index (χ0v) is 11.1. The summed E-state index contributed by atoms with van der Waals surface area (Å²) in [5.41, 5.74) is -0.723. The number of carboxylic acids is 2. The molecular weight excluding hydrogens is 346 g/mol. The molecule has 0 aliphatic rings. The van der Waals surface area contributed by atoms with E-state index in [9.17, 15) is 31.1 Å². The number of carbonyl (C=O) groups is 2. The summed E-state index contributed by atoms with van der Waals surface area (Å²) >= 11 is 5.52. The zero-order valence-electron chi connectivity index (χ0n) is 10.3. The molecule has 0 aliphatic heterocycles. The van der Waals surface area contributed by atoms with Crippen LogP contribution in [0.15, 0.2) is 18.2 Å². The lowest BCUT2D eigenvalue weighted by Gasteiger charge is -2.08. The van der Waals surface area contributed by atoms with E-state index in [2.05, 4.69) is 0 Å². The Hall–Kier alpha value is -1.97. The number of hydrogen-bond donors (Lipinski definition) is 2. The second-order valence-corrected chi connectivity index (χ2v) is 4.08. The SMILES string of the molecule is O=C(O)C(F)(F)F.O=C(O)Cc1ccc(C(F)(F)F)cc1Cl. The molecule has 4 nitrogen and oxygen atoms in total. The first kappa shape index (κ1) is 20.0. The minimum absolute atomic E-state index is 0.164. The summed E-state index contributed by atoms with van der Waals surface area (Å²) in [6.07, 6.45) is -9.94. The van der Waals surface area contributed by atoms with Crippen LogP contribution in [0, 0.1) is 0 Å². The summed E-state index contributed by atoms with van der Waals surface area (Å²) in [7, 11) is 0. The number of rotatable bonds is 2. The second kappa shape index (κ2) is 7.34. The lowest BCUT2D eigenvalue weighted by atomic mass is 10.1. The highest BCUT2D eigenvalue weighted by atomic mass is 35.5. The molecule has 0 aliphatic carbocycles. The van der Waals surface area contributed by atoms with E-state index in [1.165, 1.54) is 0 Å². The maximum Gasteiger partial charge on any atom is 0.490 e. The summed E-state index contributed by atoms with van der Waals surface area (Å²) in [5.74, 6) is -3.90. The summed E-state index contributed by atoms with van der Waals surface area (Å²) in [6, 6.07) is 2.60. The van der Waals surface area contributed by atoms with Crippen molar-refractivity contribution in [3.63, 3.8) is 0 Å². The minimum Gasteiger partial charge on any atom is -0.481 e. The first-order chi connectivity index (χ1) is 9.75. The van der Waals surface area contributed by atoms with Crippen molar-refractivity contribution in [2.75, 3.05) is 0 Å². The van der Waals surface area contributed by atoms with Crippen LogP contribution in [0.1, 0.15) is 11.1 Å². The van der Waals surface area contributed by atoms with Crippen molar-refractivity contribution in [3.8, 4) is 0 Å². The van der Waals surface area contributed by atoms with E-state index < -0.39 is 36.3 Å². The molecule has 0 radical (unpaired) electrons. The van der Waals surface area contributed by atoms with E-state index in [1.54, 1.807) is 0 Å². The fourth-order valence-electron chi connectivity index (χ4n) is 1.03. The van der Waals surface area contributed by atoms with Gasteiger partial charge in [0.2, 0.25) is 0 Å². The van der Waals surface area contributed by atoms with E-state index in [0.29, 0.717) is 0 Å². The zero-order chi connectivity index (χ0) is 17.7. The van der Waals surface area contributed by atoms with Crippen LogP contribution < -0.4 is 0 Å². The third-order valence-corrected chi connectivity index (χ3v) is 2.32. The van der Waals surface area contributed by atoms with Crippen molar-refractivity contribution >= 4 is 23.5 Å². The van der Waals surface area contributed by atoms with Gasteiger partial charge < -0.3 is 10.2 Å². The van der Waals surface area contributed by atoms with E-state index in [-0.39, 0.29) is 10.6 Å². The van der Waals surface area contributed by atoms with Gasteiger partial charge in [-0.1, -0.05) is 17.7 Å². The Morgan fingerprint density at radius 1 is 1.05 bits per heavy atom. The van der Waals surface area contributed by atoms with E-state index in [0.717, 1.165) is 18.2 Å². The minimum atomic E-state index is -5.08. The Morgan fingerprint density at radius 3 is 1.77 bits per heavy atom. The Bertz CT molecular complexity index is 552. The van der Waals surface area contributed by atoms with E-state index >= 15 is 0 Å². The van der Waals surface area contributed by atoms with Crippen molar-refractivity contribution in [2.24, 2.45) is 0 Å². The average Bonchev–Trinajstić information content (AvgIpc) is 2.29. The van der Waals surface area contributed by atoms with Crippen LogP contribution >= 0.6 is 11.6 Å². The number of carboxylic acid groups (broad SMARTS) is 2. The molecule has 0 amide bonds. The summed E-state index contributed by atoms with van der Waals surface area (Å²) < 4.78 is 68.3. The van der Waals surface area contributed by atoms with Crippen molar-refractivity contribution in [1.29, 1.82) is 0 Å². The molecule has 124 valence electrons. The van der Waals surface area contributed by atoms with Gasteiger partial charge in [-0.05, 0) is 17.7 Å². The number of benzene rings is 1. The highest BCUT2D eigenvalue weighted by molar-refractivity contribution is 6.31. The Balaban J connectivity index is 0.000000534. The van der Waals surface area contributed by atoms with Crippen LogP contribution in [-0.4, -0.2) is 28.3 Å². The van der Waals surface area contributed by atoms with Crippen molar-refractivity contribution < 1.29 is 46.1 Å². The van der Waals surface area contributed by atoms with Crippen LogP contribution in [0.4, 0.5) is 26.3 Å². The van der Waals surface area contributed by atoms with Gasteiger partial charge in [-0.25, -0.2) is 4.79 Å². The third kappa shape index (κ3) is 7.16. The molecule has 0 heterocycles. The van der Waals surface area contributed by atoms with E-state index in [1.807, 2.05) is 0 Å². The normalized spacial score (nSPS) is 11.4. The predicted octanol–water partition coefficient (Wildman–Crippen LogP) is 3.62. The van der Waals surface area contributed by atoms with Crippen LogP contribution in [0.25, 0.3) is 0 Å². The van der Waals surface area contributed by atoms with Gasteiger partial charge in [0.15, 0.2) is 0 Å². The van der Waals surface area contributed by atoms with Gasteiger partial charge in [0.25, 0.3) is 0 Å². The van der Waals surface area contributed by atoms with Crippen molar-refractivity contribution in [2.45, 2.75) is 18.8 Å². The molecule has 1 aromatic carbocycles. The smallest absolute Gasteiger partial charge is 0.481 e. The molecule has 1 rings (SSSR count). The fourth-order valence-corrected chi connectivity index (χ4v) is 1.28. The highest BCUT2D eigenvalue weighted by Crippen LogP contribution is 2.32. The van der Waals surface area contributed by atoms with Crippen molar-refractivity contribution in [3.05, 3.63) is 34.3 Å². The summed E-state index contributed by atoms with van der Waals surface area (Å²) in [5, 5.41) is 15.4. The molecule has 0 atom stereocenters. The lowest BCUT2D eigenvalue weighted by molar-refractivity contribution is -0.192. The molecule has 0 spiro atoms. The fraction of sp³-hybridized carbons (Fsp3) is 0.273. The number of aliphatic carboxylic acids is 2.